The summed E-state index contributed by atoms with van der Waals surface area (Å²) in [5.74, 6) is 0.0356. The van der Waals surface area contributed by atoms with Gasteiger partial charge in [0.1, 0.15) is 0 Å². The number of piperidine rings is 1. The van der Waals surface area contributed by atoms with Gasteiger partial charge in [-0.1, -0.05) is 0 Å². The number of aromatic nitrogens is 1. The Morgan fingerprint density at radius 1 is 1.61 bits per heavy atom. The highest BCUT2D eigenvalue weighted by atomic mass is 16.3. The van der Waals surface area contributed by atoms with Gasteiger partial charge in [-0.05, 0) is 44.7 Å². The van der Waals surface area contributed by atoms with Crippen molar-refractivity contribution in [3.63, 3.8) is 0 Å². The number of carbonyl (C=O) groups excluding carboxylic acids is 1. The summed E-state index contributed by atoms with van der Waals surface area (Å²) in [4.78, 5) is 18.3. The zero-order valence-electron chi connectivity index (χ0n) is 10.7. The van der Waals surface area contributed by atoms with E-state index in [2.05, 4.69) is 4.98 Å². The number of rotatable bonds is 3. The summed E-state index contributed by atoms with van der Waals surface area (Å²) in [5.41, 5.74) is 0.634. The summed E-state index contributed by atoms with van der Waals surface area (Å²) in [5, 5.41) is 9.52. The third-order valence-electron chi connectivity index (χ3n) is 3.41. The quantitative estimate of drug-likeness (QED) is 0.888. The molecule has 18 heavy (non-hydrogen) atoms. The number of hydrogen-bond donors (Lipinski definition) is 1. The minimum atomic E-state index is -0.364. The number of carbonyl (C=O) groups is 1. The average Bonchev–Trinajstić information content (AvgIpc) is 2.39. The summed E-state index contributed by atoms with van der Waals surface area (Å²) in [6.45, 7) is 2.56. The Bertz CT molecular complexity index is 392. The normalized spacial score (nSPS) is 21.7. The molecule has 0 saturated carbocycles. The number of likely N-dealkylation sites (tertiary alicyclic amines) is 1. The van der Waals surface area contributed by atoms with E-state index in [9.17, 15) is 9.90 Å². The van der Waals surface area contributed by atoms with E-state index in [1.807, 2.05) is 4.90 Å². The molecule has 2 atom stereocenters. The van der Waals surface area contributed by atoms with Crippen LogP contribution in [0.15, 0.2) is 24.5 Å². The van der Waals surface area contributed by atoms with Gasteiger partial charge >= 0.3 is 0 Å². The molecule has 1 aliphatic heterocycles. The Morgan fingerprint density at radius 3 is 3.11 bits per heavy atom. The lowest BCUT2D eigenvalue weighted by molar-refractivity contribution is 0.0514. The SMILES string of the molecule is CC(O)CC1CCCCN1C(=O)c1cccnc1. The zero-order chi connectivity index (χ0) is 13.0. The largest absolute Gasteiger partial charge is 0.393 e. The molecule has 2 rings (SSSR count). The fourth-order valence-electron chi connectivity index (χ4n) is 2.56. The van der Waals surface area contributed by atoms with Crippen molar-refractivity contribution in [2.24, 2.45) is 0 Å². The van der Waals surface area contributed by atoms with E-state index >= 15 is 0 Å². The van der Waals surface area contributed by atoms with Crippen LogP contribution >= 0.6 is 0 Å². The molecule has 1 amide bonds. The highest BCUT2D eigenvalue weighted by Crippen LogP contribution is 2.22. The monoisotopic (exact) mass is 248 g/mol. The molecule has 4 nitrogen and oxygen atoms in total. The molecule has 4 heteroatoms. The fourth-order valence-corrected chi connectivity index (χ4v) is 2.56. The van der Waals surface area contributed by atoms with Crippen LogP contribution in [0.4, 0.5) is 0 Å². The van der Waals surface area contributed by atoms with Gasteiger partial charge in [0.15, 0.2) is 0 Å². The molecular formula is C14H20N2O2. The van der Waals surface area contributed by atoms with Crippen molar-refractivity contribution in [3.05, 3.63) is 30.1 Å². The number of aliphatic hydroxyl groups excluding tert-OH is 1. The van der Waals surface area contributed by atoms with Crippen LogP contribution in [0.3, 0.4) is 0 Å². The molecule has 1 saturated heterocycles. The van der Waals surface area contributed by atoms with Gasteiger partial charge < -0.3 is 10.0 Å². The van der Waals surface area contributed by atoms with Crippen LogP contribution in [-0.2, 0) is 0 Å². The molecule has 98 valence electrons. The van der Waals surface area contributed by atoms with Crippen molar-refractivity contribution in [3.8, 4) is 0 Å². The van der Waals surface area contributed by atoms with E-state index in [-0.39, 0.29) is 18.1 Å². The predicted octanol–water partition coefficient (Wildman–Crippen LogP) is 1.85. The highest BCUT2D eigenvalue weighted by Gasteiger charge is 2.28. The maximum absolute atomic E-state index is 12.4. The number of nitrogens with zero attached hydrogens (tertiary/aromatic N) is 2. The molecule has 1 aromatic rings. The third-order valence-corrected chi connectivity index (χ3v) is 3.41. The first kappa shape index (κ1) is 13.0. The van der Waals surface area contributed by atoms with E-state index in [0.717, 1.165) is 25.8 Å². The summed E-state index contributed by atoms with van der Waals surface area (Å²) in [6, 6.07) is 3.73. The second-order valence-corrected chi connectivity index (χ2v) is 4.97. The van der Waals surface area contributed by atoms with Gasteiger partial charge in [0, 0.05) is 25.0 Å². The summed E-state index contributed by atoms with van der Waals surface area (Å²) in [7, 11) is 0. The van der Waals surface area contributed by atoms with Gasteiger partial charge in [0.05, 0.1) is 11.7 Å². The zero-order valence-corrected chi connectivity index (χ0v) is 10.7. The molecule has 0 spiro atoms. The minimum absolute atomic E-state index is 0.0356. The lowest BCUT2D eigenvalue weighted by atomic mass is 9.96. The van der Waals surface area contributed by atoms with E-state index in [0.29, 0.717) is 12.0 Å². The maximum atomic E-state index is 12.4. The second-order valence-electron chi connectivity index (χ2n) is 4.97. The van der Waals surface area contributed by atoms with Crippen molar-refractivity contribution in [2.75, 3.05) is 6.54 Å². The van der Waals surface area contributed by atoms with Crippen LogP contribution in [-0.4, -0.2) is 39.6 Å². The Balaban J connectivity index is 2.11. The molecule has 1 aliphatic rings. The first-order chi connectivity index (χ1) is 8.68. The summed E-state index contributed by atoms with van der Waals surface area (Å²) < 4.78 is 0. The molecule has 2 unspecified atom stereocenters. The minimum Gasteiger partial charge on any atom is -0.393 e. The van der Waals surface area contributed by atoms with Crippen LogP contribution in [0.1, 0.15) is 43.0 Å². The van der Waals surface area contributed by atoms with Crippen molar-refractivity contribution >= 4 is 5.91 Å². The van der Waals surface area contributed by atoms with E-state index in [1.54, 1.807) is 31.5 Å². The molecule has 1 N–H and O–H groups in total. The molecule has 0 aliphatic carbocycles. The van der Waals surface area contributed by atoms with Gasteiger partial charge in [-0.3, -0.25) is 9.78 Å². The molecule has 0 aromatic carbocycles. The number of hydrogen-bond acceptors (Lipinski definition) is 3. The molecule has 0 radical (unpaired) electrons. The molecule has 0 bridgehead atoms. The van der Waals surface area contributed by atoms with Gasteiger partial charge in [0.25, 0.3) is 5.91 Å². The summed E-state index contributed by atoms with van der Waals surface area (Å²) in [6.07, 6.45) is 6.73. The lowest BCUT2D eigenvalue weighted by Crippen LogP contribution is -2.45. The van der Waals surface area contributed by atoms with Crippen LogP contribution in [0.2, 0.25) is 0 Å². The smallest absolute Gasteiger partial charge is 0.255 e. The van der Waals surface area contributed by atoms with E-state index < -0.39 is 0 Å². The van der Waals surface area contributed by atoms with Crippen LogP contribution in [0.5, 0.6) is 0 Å². The highest BCUT2D eigenvalue weighted by molar-refractivity contribution is 5.94. The lowest BCUT2D eigenvalue weighted by Gasteiger charge is -2.36. The average molecular weight is 248 g/mol. The number of pyridine rings is 1. The van der Waals surface area contributed by atoms with Crippen molar-refractivity contribution < 1.29 is 9.90 Å². The third kappa shape index (κ3) is 3.07. The first-order valence-electron chi connectivity index (χ1n) is 6.57. The molecule has 1 fully saturated rings. The van der Waals surface area contributed by atoms with Crippen LogP contribution in [0.25, 0.3) is 0 Å². The van der Waals surface area contributed by atoms with Gasteiger partial charge in [-0.2, -0.15) is 0 Å². The number of aliphatic hydroxyl groups is 1. The molecule has 1 aromatic heterocycles. The molecular weight excluding hydrogens is 228 g/mol. The van der Waals surface area contributed by atoms with Crippen molar-refractivity contribution in [1.29, 1.82) is 0 Å². The first-order valence-corrected chi connectivity index (χ1v) is 6.57. The number of amides is 1. The van der Waals surface area contributed by atoms with Crippen molar-refractivity contribution in [1.82, 2.24) is 9.88 Å². The maximum Gasteiger partial charge on any atom is 0.255 e. The molecule has 2 heterocycles. The Hall–Kier alpha value is -1.42. The van der Waals surface area contributed by atoms with Crippen LogP contribution < -0.4 is 0 Å². The Morgan fingerprint density at radius 2 is 2.44 bits per heavy atom. The van der Waals surface area contributed by atoms with Gasteiger partial charge in [-0.25, -0.2) is 0 Å². The van der Waals surface area contributed by atoms with Crippen LogP contribution in [0, 0.1) is 0 Å². The summed E-state index contributed by atoms with van der Waals surface area (Å²) >= 11 is 0. The predicted molar refractivity (Wildman–Crippen MR) is 69.2 cm³/mol. The topological polar surface area (TPSA) is 53.4 Å². The fraction of sp³-hybridized carbons (Fsp3) is 0.571. The van der Waals surface area contributed by atoms with Gasteiger partial charge in [0.2, 0.25) is 0 Å². The van der Waals surface area contributed by atoms with Crippen molar-refractivity contribution in [2.45, 2.75) is 44.8 Å². The standard InChI is InChI=1S/C14H20N2O2/c1-11(17)9-13-6-2-3-8-16(13)14(18)12-5-4-7-15-10-12/h4-5,7,10-11,13,17H,2-3,6,8-9H2,1H3. The second kappa shape index (κ2) is 5.96. The Labute approximate surface area is 108 Å². The van der Waals surface area contributed by atoms with E-state index in [1.165, 1.54) is 0 Å². The van der Waals surface area contributed by atoms with Gasteiger partial charge in [-0.15, -0.1) is 0 Å². The van der Waals surface area contributed by atoms with E-state index in [4.69, 9.17) is 0 Å². The Kier molecular flexibility index (Phi) is 4.31.